The fraction of sp³-hybridized carbons (Fsp3) is 1.00. The average Bonchev–Trinajstić information content (AvgIpc) is 3.14. The summed E-state index contributed by atoms with van der Waals surface area (Å²) in [6.07, 6.45) is 15.9. The summed E-state index contributed by atoms with van der Waals surface area (Å²) in [5, 5.41) is 3.91. The first-order valence-electron chi connectivity index (χ1n) is 8.51. The lowest BCUT2D eigenvalue weighted by Gasteiger charge is -2.21. The van der Waals surface area contributed by atoms with Gasteiger partial charge in [-0.15, -0.1) is 0 Å². The molecule has 2 fully saturated rings. The zero-order chi connectivity index (χ0) is 12.8. The van der Waals surface area contributed by atoms with Crippen LogP contribution in [-0.4, -0.2) is 12.6 Å². The maximum Gasteiger partial charge on any atom is 0.00673 e. The molecule has 0 amide bonds. The van der Waals surface area contributed by atoms with Crippen molar-refractivity contribution >= 4 is 0 Å². The van der Waals surface area contributed by atoms with E-state index in [4.69, 9.17) is 0 Å². The molecule has 0 aromatic rings. The third kappa shape index (κ3) is 4.26. The van der Waals surface area contributed by atoms with Crippen molar-refractivity contribution in [2.75, 3.05) is 6.54 Å². The fourth-order valence-corrected chi connectivity index (χ4v) is 3.86. The smallest absolute Gasteiger partial charge is 0.00673 e. The highest BCUT2D eigenvalue weighted by Crippen LogP contribution is 2.49. The number of rotatable bonds is 7. The first-order chi connectivity index (χ1) is 8.78. The summed E-state index contributed by atoms with van der Waals surface area (Å²) in [7, 11) is 0. The first kappa shape index (κ1) is 14.4. The molecule has 1 nitrogen and oxygen atoms in total. The highest BCUT2D eigenvalue weighted by atomic mass is 14.9. The van der Waals surface area contributed by atoms with Gasteiger partial charge in [-0.25, -0.2) is 0 Å². The molecule has 2 rings (SSSR count). The van der Waals surface area contributed by atoms with Crippen LogP contribution in [0, 0.1) is 11.3 Å². The summed E-state index contributed by atoms with van der Waals surface area (Å²) < 4.78 is 0. The van der Waals surface area contributed by atoms with Gasteiger partial charge in [-0.05, 0) is 49.9 Å². The Morgan fingerprint density at radius 1 is 1.00 bits per heavy atom. The van der Waals surface area contributed by atoms with Crippen LogP contribution in [0.3, 0.4) is 0 Å². The molecule has 0 heterocycles. The van der Waals surface area contributed by atoms with E-state index < -0.39 is 0 Å². The monoisotopic (exact) mass is 251 g/mol. The van der Waals surface area contributed by atoms with Crippen molar-refractivity contribution in [1.29, 1.82) is 0 Å². The lowest BCUT2D eigenvalue weighted by molar-refractivity contribution is 0.360. The molecule has 0 aromatic heterocycles. The molecule has 0 spiro atoms. The van der Waals surface area contributed by atoms with Crippen LogP contribution in [0.2, 0.25) is 0 Å². The number of hydrogen-bond donors (Lipinski definition) is 1. The zero-order valence-electron chi connectivity index (χ0n) is 12.6. The van der Waals surface area contributed by atoms with E-state index in [1.165, 1.54) is 77.2 Å². The molecular formula is C17H33N. The van der Waals surface area contributed by atoms with Gasteiger partial charge in [-0.3, -0.25) is 0 Å². The van der Waals surface area contributed by atoms with Gasteiger partial charge in [-0.2, -0.15) is 0 Å². The molecule has 0 radical (unpaired) electrons. The Balaban J connectivity index is 1.67. The summed E-state index contributed by atoms with van der Waals surface area (Å²) in [5.74, 6) is 1.03. The molecule has 106 valence electrons. The van der Waals surface area contributed by atoms with Crippen LogP contribution in [-0.2, 0) is 0 Å². The van der Waals surface area contributed by atoms with Gasteiger partial charge in [-0.1, -0.05) is 46.0 Å². The normalized spacial score (nSPS) is 31.0. The van der Waals surface area contributed by atoms with E-state index in [1.54, 1.807) is 0 Å². The molecule has 0 aliphatic heterocycles. The number of nitrogens with one attached hydrogen (secondary N) is 1. The Morgan fingerprint density at radius 2 is 1.83 bits per heavy atom. The standard InChI is InChI=1S/C17H33N/c1-3-6-15-7-5-8-16(10-9-15)18-14-17(11-4-2)12-13-17/h15-16,18H,3-14H2,1-2H3. The summed E-state index contributed by atoms with van der Waals surface area (Å²) in [6, 6.07) is 0.834. The van der Waals surface area contributed by atoms with Gasteiger partial charge in [0, 0.05) is 12.6 Å². The average molecular weight is 251 g/mol. The summed E-state index contributed by atoms with van der Waals surface area (Å²) in [5.41, 5.74) is 0.726. The Bertz CT molecular complexity index is 232. The maximum atomic E-state index is 3.91. The third-order valence-electron chi connectivity index (χ3n) is 5.29. The lowest BCUT2D eigenvalue weighted by atomic mass is 9.95. The van der Waals surface area contributed by atoms with E-state index in [0.717, 1.165) is 17.4 Å². The van der Waals surface area contributed by atoms with Crippen LogP contribution >= 0.6 is 0 Å². The highest BCUT2D eigenvalue weighted by Gasteiger charge is 2.41. The first-order valence-corrected chi connectivity index (χ1v) is 8.51. The van der Waals surface area contributed by atoms with Gasteiger partial charge >= 0.3 is 0 Å². The predicted octanol–water partition coefficient (Wildman–Crippen LogP) is 4.91. The van der Waals surface area contributed by atoms with Crippen molar-refractivity contribution in [2.45, 2.75) is 90.5 Å². The van der Waals surface area contributed by atoms with Gasteiger partial charge in [0.05, 0.1) is 0 Å². The van der Waals surface area contributed by atoms with E-state index in [1.807, 2.05) is 0 Å². The molecule has 1 N–H and O–H groups in total. The van der Waals surface area contributed by atoms with Crippen LogP contribution in [0.15, 0.2) is 0 Å². The fourth-order valence-electron chi connectivity index (χ4n) is 3.86. The van der Waals surface area contributed by atoms with Crippen LogP contribution in [0.4, 0.5) is 0 Å². The minimum atomic E-state index is 0.726. The SMILES string of the molecule is CCCC1CCCC(NCC2(CCC)CC2)CC1. The highest BCUT2D eigenvalue weighted by molar-refractivity contribution is 4.95. The summed E-state index contributed by atoms with van der Waals surface area (Å²) in [4.78, 5) is 0. The van der Waals surface area contributed by atoms with E-state index in [2.05, 4.69) is 19.2 Å². The molecule has 2 saturated carbocycles. The predicted molar refractivity (Wildman–Crippen MR) is 79.8 cm³/mol. The van der Waals surface area contributed by atoms with E-state index in [0.29, 0.717) is 0 Å². The minimum absolute atomic E-state index is 0.726. The van der Waals surface area contributed by atoms with Crippen molar-refractivity contribution in [3.8, 4) is 0 Å². The topological polar surface area (TPSA) is 12.0 Å². The van der Waals surface area contributed by atoms with Crippen LogP contribution in [0.5, 0.6) is 0 Å². The van der Waals surface area contributed by atoms with E-state index in [9.17, 15) is 0 Å². The van der Waals surface area contributed by atoms with Crippen molar-refractivity contribution in [3.63, 3.8) is 0 Å². The van der Waals surface area contributed by atoms with Gasteiger partial charge in [0.1, 0.15) is 0 Å². The molecule has 2 unspecified atom stereocenters. The molecule has 0 bridgehead atoms. The van der Waals surface area contributed by atoms with Crippen molar-refractivity contribution in [1.82, 2.24) is 5.32 Å². The molecule has 18 heavy (non-hydrogen) atoms. The second-order valence-electron chi connectivity index (χ2n) is 6.99. The van der Waals surface area contributed by atoms with Gasteiger partial charge in [0.2, 0.25) is 0 Å². The molecule has 0 aromatic carbocycles. The van der Waals surface area contributed by atoms with Crippen LogP contribution in [0.1, 0.15) is 84.5 Å². The Morgan fingerprint density at radius 3 is 2.50 bits per heavy atom. The van der Waals surface area contributed by atoms with Gasteiger partial charge in [0.15, 0.2) is 0 Å². The number of hydrogen-bond acceptors (Lipinski definition) is 1. The molecule has 0 saturated heterocycles. The van der Waals surface area contributed by atoms with Gasteiger partial charge < -0.3 is 5.32 Å². The molecular weight excluding hydrogens is 218 g/mol. The molecule has 2 aliphatic carbocycles. The second-order valence-corrected chi connectivity index (χ2v) is 6.99. The molecule has 2 atom stereocenters. The summed E-state index contributed by atoms with van der Waals surface area (Å²) >= 11 is 0. The largest absolute Gasteiger partial charge is 0.313 e. The Kier molecular flexibility index (Phi) is 5.54. The van der Waals surface area contributed by atoms with Gasteiger partial charge in [0.25, 0.3) is 0 Å². The van der Waals surface area contributed by atoms with Crippen molar-refractivity contribution in [3.05, 3.63) is 0 Å². The van der Waals surface area contributed by atoms with Crippen molar-refractivity contribution < 1.29 is 0 Å². The van der Waals surface area contributed by atoms with Crippen LogP contribution in [0.25, 0.3) is 0 Å². The Hall–Kier alpha value is -0.0400. The second kappa shape index (κ2) is 6.93. The minimum Gasteiger partial charge on any atom is -0.313 e. The van der Waals surface area contributed by atoms with Crippen molar-refractivity contribution in [2.24, 2.45) is 11.3 Å². The molecule has 1 heteroatoms. The van der Waals surface area contributed by atoms with E-state index in [-0.39, 0.29) is 0 Å². The quantitative estimate of drug-likeness (QED) is 0.634. The van der Waals surface area contributed by atoms with E-state index >= 15 is 0 Å². The summed E-state index contributed by atoms with van der Waals surface area (Å²) in [6.45, 7) is 5.98. The third-order valence-corrected chi connectivity index (χ3v) is 5.29. The zero-order valence-corrected chi connectivity index (χ0v) is 12.6. The lowest BCUT2D eigenvalue weighted by Crippen LogP contribution is -2.33. The molecule has 2 aliphatic rings. The maximum absolute atomic E-state index is 3.91. The van der Waals surface area contributed by atoms with Crippen LogP contribution < -0.4 is 5.32 Å². The Labute approximate surface area is 114 Å².